The van der Waals surface area contributed by atoms with Crippen LogP contribution in [0.5, 0.6) is 5.75 Å². The molecule has 0 bridgehead atoms. The highest BCUT2D eigenvalue weighted by Crippen LogP contribution is 2.24. The second-order valence-electron chi connectivity index (χ2n) is 6.18. The lowest BCUT2D eigenvalue weighted by atomic mass is 9.86. The standard InChI is InChI=1S/C20H24N2O2/c1-3-12-24-18-10-8-16(9-11-18)13-17(14-21)20(23)22-19-7-5-4-6-15(19)2/h3,8-11,13,15,19H,1,4-7,12H2,2H3,(H,22,23)/b17-13+/t15-,19+/m1/s1. The zero-order chi connectivity index (χ0) is 17.4. The number of rotatable bonds is 6. The van der Waals surface area contributed by atoms with Gasteiger partial charge in [0.2, 0.25) is 0 Å². The monoisotopic (exact) mass is 324 g/mol. The molecule has 1 amide bonds. The summed E-state index contributed by atoms with van der Waals surface area (Å²) in [4.78, 5) is 12.4. The Bertz CT molecular complexity index is 641. The summed E-state index contributed by atoms with van der Waals surface area (Å²) in [6, 6.07) is 9.45. The van der Waals surface area contributed by atoms with E-state index in [2.05, 4.69) is 18.8 Å². The van der Waals surface area contributed by atoms with Gasteiger partial charge in [-0.1, -0.05) is 44.6 Å². The van der Waals surface area contributed by atoms with E-state index in [0.717, 1.165) is 30.6 Å². The number of amides is 1. The zero-order valence-electron chi connectivity index (χ0n) is 14.1. The maximum Gasteiger partial charge on any atom is 0.262 e. The molecule has 1 saturated carbocycles. The van der Waals surface area contributed by atoms with E-state index in [-0.39, 0.29) is 17.5 Å². The molecule has 1 aromatic rings. The third kappa shape index (κ3) is 4.99. The molecule has 4 heteroatoms. The van der Waals surface area contributed by atoms with Crippen molar-refractivity contribution >= 4 is 12.0 Å². The van der Waals surface area contributed by atoms with Gasteiger partial charge in [-0.3, -0.25) is 4.79 Å². The largest absolute Gasteiger partial charge is 0.490 e. The van der Waals surface area contributed by atoms with Crippen LogP contribution in [0.3, 0.4) is 0 Å². The molecule has 126 valence electrons. The molecule has 0 heterocycles. The summed E-state index contributed by atoms with van der Waals surface area (Å²) in [5.74, 6) is 0.901. The fraction of sp³-hybridized carbons (Fsp3) is 0.400. The summed E-state index contributed by atoms with van der Waals surface area (Å²) in [6.07, 6.45) is 7.75. The van der Waals surface area contributed by atoms with Crippen LogP contribution in [0.1, 0.15) is 38.2 Å². The Hall–Kier alpha value is -2.54. The van der Waals surface area contributed by atoms with Gasteiger partial charge in [0, 0.05) is 6.04 Å². The number of ether oxygens (including phenoxy) is 1. The lowest BCUT2D eigenvalue weighted by Crippen LogP contribution is -2.41. The first-order valence-electron chi connectivity index (χ1n) is 8.40. The van der Waals surface area contributed by atoms with Crippen molar-refractivity contribution in [1.29, 1.82) is 5.26 Å². The van der Waals surface area contributed by atoms with E-state index in [4.69, 9.17) is 4.74 Å². The molecule has 0 radical (unpaired) electrons. The number of nitriles is 1. The fourth-order valence-corrected chi connectivity index (χ4v) is 2.91. The third-order valence-corrected chi connectivity index (χ3v) is 4.35. The third-order valence-electron chi connectivity index (χ3n) is 4.35. The minimum Gasteiger partial charge on any atom is -0.490 e. The summed E-state index contributed by atoms with van der Waals surface area (Å²) in [5, 5.41) is 12.3. The number of nitrogens with one attached hydrogen (secondary N) is 1. The number of benzene rings is 1. The number of carbonyl (C=O) groups excluding carboxylic acids is 1. The predicted molar refractivity (Wildman–Crippen MR) is 95.3 cm³/mol. The molecule has 1 fully saturated rings. The molecule has 1 aromatic carbocycles. The van der Waals surface area contributed by atoms with Crippen molar-refractivity contribution in [2.24, 2.45) is 5.92 Å². The van der Waals surface area contributed by atoms with Gasteiger partial charge in [-0.25, -0.2) is 0 Å². The van der Waals surface area contributed by atoms with Crippen LogP contribution in [0.2, 0.25) is 0 Å². The van der Waals surface area contributed by atoms with E-state index >= 15 is 0 Å². The van der Waals surface area contributed by atoms with Crippen molar-refractivity contribution in [2.75, 3.05) is 6.61 Å². The smallest absolute Gasteiger partial charge is 0.262 e. The average molecular weight is 324 g/mol. The van der Waals surface area contributed by atoms with E-state index < -0.39 is 0 Å². The highest BCUT2D eigenvalue weighted by Gasteiger charge is 2.23. The van der Waals surface area contributed by atoms with Crippen molar-refractivity contribution in [3.05, 3.63) is 48.1 Å². The Labute approximate surface area is 143 Å². The Kier molecular flexibility index (Phi) is 6.62. The molecule has 0 spiro atoms. The lowest BCUT2D eigenvalue weighted by molar-refractivity contribution is -0.118. The van der Waals surface area contributed by atoms with Gasteiger partial charge in [0.05, 0.1) is 0 Å². The van der Waals surface area contributed by atoms with E-state index in [9.17, 15) is 10.1 Å². The molecule has 2 atom stereocenters. The number of nitrogens with zero attached hydrogens (tertiary/aromatic N) is 1. The summed E-state index contributed by atoms with van der Waals surface area (Å²) < 4.78 is 5.42. The van der Waals surface area contributed by atoms with Crippen LogP contribution >= 0.6 is 0 Å². The SMILES string of the molecule is C=CCOc1ccc(/C=C(\C#N)C(=O)N[C@H]2CCCC[C@H]2C)cc1. The van der Waals surface area contributed by atoms with Crippen LogP contribution in [0.25, 0.3) is 6.08 Å². The molecule has 0 saturated heterocycles. The Morgan fingerprint density at radius 2 is 2.08 bits per heavy atom. The van der Waals surface area contributed by atoms with Crippen LogP contribution in [-0.2, 0) is 4.79 Å². The van der Waals surface area contributed by atoms with Gasteiger partial charge in [0.1, 0.15) is 24.0 Å². The molecule has 24 heavy (non-hydrogen) atoms. The lowest BCUT2D eigenvalue weighted by Gasteiger charge is -2.29. The first kappa shape index (κ1) is 17.8. The Morgan fingerprint density at radius 1 is 1.38 bits per heavy atom. The highest BCUT2D eigenvalue weighted by molar-refractivity contribution is 6.01. The van der Waals surface area contributed by atoms with Crippen LogP contribution in [0, 0.1) is 17.2 Å². The van der Waals surface area contributed by atoms with Crippen LogP contribution in [-0.4, -0.2) is 18.6 Å². The highest BCUT2D eigenvalue weighted by atomic mass is 16.5. The van der Waals surface area contributed by atoms with E-state index in [1.807, 2.05) is 30.3 Å². The molecular weight excluding hydrogens is 300 g/mol. The van der Waals surface area contributed by atoms with Gasteiger partial charge in [0.25, 0.3) is 5.91 Å². The van der Waals surface area contributed by atoms with Gasteiger partial charge in [-0.05, 0) is 42.5 Å². The zero-order valence-corrected chi connectivity index (χ0v) is 14.1. The van der Waals surface area contributed by atoms with E-state index in [1.54, 1.807) is 12.2 Å². The number of hydrogen-bond acceptors (Lipinski definition) is 3. The second-order valence-corrected chi connectivity index (χ2v) is 6.18. The van der Waals surface area contributed by atoms with Gasteiger partial charge in [-0.15, -0.1) is 0 Å². The van der Waals surface area contributed by atoms with Crippen molar-refractivity contribution in [2.45, 2.75) is 38.6 Å². The van der Waals surface area contributed by atoms with Gasteiger partial charge >= 0.3 is 0 Å². The second kappa shape index (κ2) is 8.93. The van der Waals surface area contributed by atoms with Gasteiger partial charge in [-0.2, -0.15) is 5.26 Å². The minimum absolute atomic E-state index is 0.132. The summed E-state index contributed by atoms with van der Waals surface area (Å²) in [6.45, 7) is 6.20. The van der Waals surface area contributed by atoms with Crippen LogP contribution in [0.15, 0.2) is 42.5 Å². The van der Waals surface area contributed by atoms with Crippen molar-refractivity contribution < 1.29 is 9.53 Å². The minimum atomic E-state index is -0.289. The van der Waals surface area contributed by atoms with Crippen LogP contribution in [0.4, 0.5) is 0 Å². The number of hydrogen-bond donors (Lipinski definition) is 1. The van der Waals surface area contributed by atoms with Crippen molar-refractivity contribution in [1.82, 2.24) is 5.32 Å². The van der Waals surface area contributed by atoms with Crippen molar-refractivity contribution in [3.8, 4) is 11.8 Å². The average Bonchev–Trinajstić information content (AvgIpc) is 2.60. The molecule has 0 aliphatic heterocycles. The first-order chi connectivity index (χ1) is 11.6. The van der Waals surface area contributed by atoms with E-state index in [0.29, 0.717) is 12.5 Å². The fourth-order valence-electron chi connectivity index (χ4n) is 2.91. The van der Waals surface area contributed by atoms with Crippen LogP contribution < -0.4 is 10.1 Å². The molecular formula is C20H24N2O2. The maximum absolute atomic E-state index is 12.4. The number of carbonyl (C=O) groups is 1. The van der Waals surface area contributed by atoms with Gasteiger partial charge < -0.3 is 10.1 Å². The summed E-state index contributed by atoms with van der Waals surface area (Å²) >= 11 is 0. The molecule has 0 unspecified atom stereocenters. The summed E-state index contributed by atoms with van der Waals surface area (Å²) in [7, 11) is 0. The molecule has 1 N–H and O–H groups in total. The summed E-state index contributed by atoms with van der Waals surface area (Å²) in [5.41, 5.74) is 0.928. The molecule has 1 aliphatic carbocycles. The first-order valence-corrected chi connectivity index (χ1v) is 8.40. The Morgan fingerprint density at radius 3 is 2.71 bits per heavy atom. The van der Waals surface area contributed by atoms with Crippen molar-refractivity contribution in [3.63, 3.8) is 0 Å². The molecule has 1 aliphatic rings. The molecule has 4 nitrogen and oxygen atoms in total. The molecule has 0 aromatic heterocycles. The van der Waals surface area contributed by atoms with E-state index in [1.165, 1.54) is 6.42 Å². The topological polar surface area (TPSA) is 62.1 Å². The normalized spacial score (nSPS) is 20.8. The molecule has 2 rings (SSSR count). The Balaban J connectivity index is 2.03. The predicted octanol–water partition coefficient (Wildman–Crippen LogP) is 3.85. The maximum atomic E-state index is 12.4. The van der Waals surface area contributed by atoms with Gasteiger partial charge in [0.15, 0.2) is 0 Å². The quantitative estimate of drug-likeness (QED) is 0.491.